The number of aliphatic imine (C=N–C) groups is 1. The number of fused-ring (bicyclic) bond motifs is 1. The van der Waals surface area contributed by atoms with Crippen LogP contribution in [0.3, 0.4) is 0 Å². The number of hydrogen-bond acceptors (Lipinski definition) is 6. The van der Waals surface area contributed by atoms with Crippen molar-refractivity contribution in [1.82, 2.24) is 15.2 Å². The number of ether oxygens (including phenoxy) is 1. The zero-order valence-electron chi connectivity index (χ0n) is 16.4. The summed E-state index contributed by atoms with van der Waals surface area (Å²) in [7, 11) is 3.67. The summed E-state index contributed by atoms with van der Waals surface area (Å²) in [5.41, 5.74) is 1.38. The second-order valence-electron chi connectivity index (χ2n) is 7.34. The number of nitrogens with zero attached hydrogens (tertiary/aromatic N) is 3. The van der Waals surface area contributed by atoms with Gasteiger partial charge in [-0.15, -0.1) is 0 Å². The van der Waals surface area contributed by atoms with Crippen LogP contribution in [0.5, 0.6) is 5.75 Å². The lowest BCUT2D eigenvalue weighted by Crippen LogP contribution is -2.45. The third-order valence-corrected chi connectivity index (χ3v) is 5.98. The van der Waals surface area contributed by atoms with Crippen LogP contribution in [-0.4, -0.2) is 54.0 Å². The number of guanidine groups is 1. The summed E-state index contributed by atoms with van der Waals surface area (Å²) >= 11 is 3.46. The lowest BCUT2D eigenvalue weighted by Gasteiger charge is -2.34. The van der Waals surface area contributed by atoms with Crippen LogP contribution in [0.15, 0.2) is 52.1 Å². The van der Waals surface area contributed by atoms with Gasteiger partial charge in [0.15, 0.2) is 5.96 Å². The normalized spacial score (nSPS) is 23.2. The van der Waals surface area contributed by atoms with Gasteiger partial charge in [-0.05, 0) is 43.2 Å². The topological polar surface area (TPSA) is 78.8 Å². The average molecular weight is 458 g/mol. The molecule has 7 nitrogen and oxygen atoms in total. The molecule has 1 aliphatic heterocycles. The van der Waals surface area contributed by atoms with Crippen LogP contribution in [0.1, 0.15) is 29.8 Å². The SMILES string of the molecule is CNC(=O)c1cc(OC2CCC3N=C(Nc4ccc(Br)cc4)N(C)[C@H]3C2)ccn1. The highest BCUT2D eigenvalue weighted by Gasteiger charge is 2.39. The zero-order valence-corrected chi connectivity index (χ0v) is 18.0. The first-order valence-electron chi connectivity index (χ1n) is 9.71. The summed E-state index contributed by atoms with van der Waals surface area (Å²) < 4.78 is 7.24. The van der Waals surface area contributed by atoms with Gasteiger partial charge >= 0.3 is 0 Å². The van der Waals surface area contributed by atoms with Gasteiger partial charge in [0, 0.05) is 42.9 Å². The van der Waals surface area contributed by atoms with E-state index in [9.17, 15) is 4.79 Å². The Kier molecular flexibility index (Phi) is 5.71. The van der Waals surface area contributed by atoms with Crippen LogP contribution in [-0.2, 0) is 0 Å². The van der Waals surface area contributed by atoms with E-state index in [4.69, 9.17) is 9.73 Å². The van der Waals surface area contributed by atoms with Crippen LogP contribution in [0.25, 0.3) is 0 Å². The van der Waals surface area contributed by atoms with E-state index in [2.05, 4.69) is 43.5 Å². The van der Waals surface area contributed by atoms with Gasteiger partial charge in [0.05, 0.1) is 12.1 Å². The Hall–Kier alpha value is -2.61. The molecule has 0 spiro atoms. The fourth-order valence-corrected chi connectivity index (χ4v) is 4.15. The summed E-state index contributed by atoms with van der Waals surface area (Å²) in [6.45, 7) is 0. The summed E-state index contributed by atoms with van der Waals surface area (Å²) in [6.07, 6.45) is 4.48. The molecule has 2 aliphatic rings. The number of halogens is 1. The van der Waals surface area contributed by atoms with Gasteiger partial charge in [-0.2, -0.15) is 0 Å². The maximum absolute atomic E-state index is 11.8. The Morgan fingerprint density at radius 2 is 2.03 bits per heavy atom. The maximum atomic E-state index is 11.8. The Labute approximate surface area is 178 Å². The van der Waals surface area contributed by atoms with Crippen molar-refractivity contribution in [2.24, 2.45) is 4.99 Å². The standard InChI is InChI=1S/C21H24BrN5O2/c1-23-20(28)18-11-16(9-10-24-18)29-15-7-8-17-19(12-15)27(2)21(26-17)25-14-5-3-13(22)4-6-14/h3-6,9-11,15,17,19H,7-8,12H2,1-2H3,(H,23,28)(H,25,26)/t15?,17?,19-/m0/s1. The van der Waals surface area contributed by atoms with Crippen LogP contribution >= 0.6 is 15.9 Å². The summed E-state index contributed by atoms with van der Waals surface area (Å²) in [5.74, 6) is 1.36. The molecule has 1 aromatic heterocycles. The number of aromatic nitrogens is 1. The van der Waals surface area contributed by atoms with E-state index in [-0.39, 0.29) is 18.1 Å². The highest BCUT2D eigenvalue weighted by atomic mass is 79.9. The number of carbonyl (C=O) groups is 1. The molecule has 0 saturated heterocycles. The molecule has 1 saturated carbocycles. The third-order valence-electron chi connectivity index (χ3n) is 5.45. The van der Waals surface area contributed by atoms with E-state index in [0.29, 0.717) is 17.5 Å². The molecular formula is C21H24BrN5O2. The minimum atomic E-state index is -0.216. The van der Waals surface area contributed by atoms with Gasteiger partial charge < -0.3 is 20.3 Å². The van der Waals surface area contributed by atoms with Crippen molar-refractivity contribution in [1.29, 1.82) is 0 Å². The van der Waals surface area contributed by atoms with Gasteiger partial charge in [-0.3, -0.25) is 9.78 Å². The predicted molar refractivity (Wildman–Crippen MR) is 116 cm³/mol. The molecule has 8 heteroatoms. The number of hydrogen-bond donors (Lipinski definition) is 2. The monoisotopic (exact) mass is 457 g/mol. The quantitative estimate of drug-likeness (QED) is 0.736. The van der Waals surface area contributed by atoms with Crippen LogP contribution in [0, 0.1) is 0 Å². The van der Waals surface area contributed by atoms with E-state index in [1.54, 1.807) is 25.4 Å². The summed E-state index contributed by atoms with van der Waals surface area (Å²) in [4.78, 5) is 23.0. The number of nitrogens with one attached hydrogen (secondary N) is 2. The van der Waals surface area contributed by atoms with Crippen molar-refractivity contribution >= 4 is 33.5 Å². The van der Waals surface area contributed by atoms with Crippen molar-refractivity contribution in [2.45, 2.75) is 37.5 Å². The number of carbonyl (C=O) groups excluding carboxylic acids is 1. The summed E-state index contributed by atoms with van der Waals surface area (Å²) in [5, 5.41) is 6.01. The maximum Gasteiger partial charge on any atom is 0.269 e. The molecule has 29 heavy (non-hydrogen) atoms. The van der Waals surface area contributed by atoms with Crippen LogP contribution in [0.4, 0.5) is 5.69 Å². The second-order valence-corrected chi connectivity index (χ2v) is 8.25. The minimum Gasteiger partial charge on any atom is -0.490 e. The van der Waals surface area contributed by atoms with E-state index in [1.807, 2.05) is 24.3 Å². The Balaban J connectivity index is 1.39. The molecule has 2 heterocycles. The number of likely N-dealkylation sites (N-methyl/N-ethyl adjacent to an activating group) is 1. The number of benzene rings is 1. The molecule has 4 rings (SSSR count). The fourth-order valence-electron chi connectivity index (χ4n) is 3.88. The smallest absolute Gasteiger partial charge is 0.269 e. The van der Waals surface area contributed by atoms with Gasteiger partial charge in [0.2, 0.25) is 0 Å². The van der Waals surface area contributed by atoms with Gasteiger partial charge in [-0.25, -0.2) is 4.99 Å². The fraction of sp³-hybridized carbons (Fsp3) is 0.381. The summed E-state index contributed by atoms with van der Waals surface area (Å²) in [6, 6.07) is 12.1. The Morgan fingerprint density at radius 1 is 1.24 bits per heavy atom. The van der Waals surface area contributed by atoms with Gasteiger partial charge in [-0.1, -0.05) is 15.9 Å². The number of amides is 1. The lowest BCUT2D eigenvalue weighted by molar-refractivity contribution is 0.0953. The van der Waals surface area contributed by atoms with Gasteiger partial charge in [0.25, 0.3) is 5.91 Å². The molecule has 3 atom stereocenters. The van der Waals surface area contributed by atoms with Crippen molar-refractivity contribution < 1.29 is 9.53 Å². The molecule has 2 aromatic rings. The largest absolute Gasteiger partial charge is 0.490 e. The average Bonchev–Trinajstić information content (AvgIpc) is 3.04. The third kappa shape index (κ3) is 4.37. The molecule has 1 aromatic carbocycles. The van der Waals surface area contributed by atoms with Crippen molar-refractivity contribution in [2.75, 3.05) is 19.4 Å². The van der Waals surface area contributed by atoms with E-state index < -0.39 is 0 Å². The van der Waals surface area contributed by atoms with Crippen molar-refractivity contribution in [3.05, 3.63) is 52.8 Å². The zero-order chi connectivity index (χ0) is 20.4. The first-order chi connectivity index (χ1) is 14.0. The highest BCUT2D eigenvalue weighted by molar-refractivity contribution is 9.10. The van der Waals surface area contributed by atoms with Crippen LogP contribution in [0.2, 0.25) is 0 Å². The predicted octanol–water partition coefficient (Wildman–Crippen LogP) is 3.29. The van der Waals surface area contributed by atoms with E-state index >= 15 is 0 Å². The number of anilines is 1. The molecule has 2 unspecified atom stereocenters. The number of pyridine rings is 1. The first-order valence-corrected chi connectivity index (χ1v) is 10.5. The second kappa shape index (κ2) is 8.41. The lowest BCUT2D eigenvalue weighted by atomic mass is 9.89. The Morgan fingerprint density at radius 3 is 2.79 bits per heavy atom. The first kappa shape index (κ1) is 19.7. The highest BCUT2D eigenvalue weighted by Crippen LogP contribution is 2.32. The van der Waals surface area contributed by atoms with Crippen LogP contribution < -0.4 is 15.4 Å². The molecule has 2 N–H and O–H groups in total. The molecule has 1 aliphatic carbocycles. The number of rotatable bonds is 4. The minimum absolute atomic E-state index is 0.0841. The molecule has 1 amide bonds. The molecular weight excluding hydrogens is 434 g/mol. The van der Waals surface area contributed by atoms with Crippen molar-refractivity contribution in [3.8, 4) is 5.75 Å². The molecule has 0 bridgehead atoms. The Bertz CT molecular complexity index is 918. The van der Waals surface area contributed by atoms with E-state index in [1.165, 1.54) is 0 Å². The van der Waals surface area contributed by atoms with Crippen molar-refractivity contribution in [3.63, 3.8) is 0 Å². The molecule has 152 valence electrons. The molecule has 0 radical (unpaired) electrons. The van der Waals surface area contributed by atoms with Gasteiger partial charge in [0.1, 0.15) is 17.5 Å². The van der Waals surface area contributed by atoms with E-state index in [0.717, 1.165) is 35.4 Å². The molecule has 1 fully saturated rings.